The second-order valence-corrected chi connectivity index (χ2v) is 6.80. The van der Waals surface area contributed by atoms with Gasteiger partial charge in [0, 0.05) is 20.1 Å². The second-order valence-electron chi connectivity index (χ2n) is 6.41. The molecule has 6 heteroatoms. The molecule has 0 unspecified atom stereocenters. The zero-order valence-electron chi connectivity index (χ0n) is 15.1. The standard InChI is InChI=1S/C20H24FN3OS/c1-3-24-14-17(25-19-7-5-4-6-18(19)24)13-23(2)20(26)22-12-15-8-10-16(21)11-9-15/h4-11,17H,3,12-14H2,1-2H3,(H,22,26)/t17-/m1/s1. The largest absolute Gasteiger partial charge is 0.485 e. The van der Waals surface area contributed by atoms with Crippen LogP contribution >= 0.6 is 12.2 Å². The van der Waals surface area contributed by atoms with Crippen LogP contribution in [0.2, 0.25) is 0 Å². The second kappa shape index (κ2) is 8.36. The van der Waals surface area contributed by atoms with Gasteiger partial charge in [0.15, 0.2) is 5.11 Å². The lowest BCUT2D eigenvalue weighted by atomic mass is 10.2. The van der Waals surface area contributed by atoms with E-state index >= 15 is 0 Å². The van der Waals surface area contributed by atoms with Gasteiger partial charge < -0.3 is 19.9 Å². The van der Waals surface area contributed by atoms with Crippen molar-refractivity contribution >= 4 is 23.0 Å². The molecular weight excluding hydrogens is 349 g/mol. The molecule has 1 heterocycles. The third-order valence-electron chi connectivity index (χ3n) is 4.49. The van der Waals surface area contributed by atoms with Crippen LogP contribution in [-0.2, 0) is 6.54 Å². The lowest BCUT2D eigenvalue weighted by Crippen LogP contribution is -2.48. The summed E-state index contributed by atoms with van der Waals surface area (Å²) >= 11 is 5.48. The van der Waals surface area contributed by atoms with Crippen LogP contribution in [0.4, 0.5) is 10.1 Å². The molecule has 0 saturated heterocycles. The number of halogens is 1. The van der Waals surface area contributed by atoms with Gasteiger partial charge in [-0.15, -0.1) is 0 Å². The summed E-state index contributed by atoms with van der Waals surface area (Å²) in [6.07, 6.45) is 0.0421. The summed E-state index contributed by atoms with van der Waals surface area (Å²) in [7, 11) is 1.96. The maximum Gasteiger partial charge on any atom is 0.169 e. The van der Waals surface area contributed by atoms with Crippen LogP contribution in [0.15, 0.2) is 48.5 Å². The molecular formula is C20H24FN3OS. The summed E-state index contributed by atoms with van der Waals surface area (Å²) in [6, 6.07) is 14.5. The summed E-state index contributed by atoms with van der Waals surface area (Å²) in [5.41, 5.74) is 2.13. The number of anilines is 1. The summed E-state index contributed by atoms with van der Waals surface area (Å²) in [6.45, 7) is 5.18. The van der Waals surface area contributed by atoms with Crippen LogP contribution in [0.25, 0.3) is 0 Å². The van der Waals surface area contributed by atoms with Crippen molar-refractivity contribution in [1.82, 2.24) is 10.2 Å². The van der Waals surface area contributed by atoms with E-state index < -0.39 is 0 Å². The van der Waals surface area contributed by atoms with Crippen LogP contribution in [0.5, 0.6) is 5.75 Å². The Hall–Kier alpha value is -2.34. The molecule has 0 amide bonds. The van der Waals surface area contributed by atoms with E-state index in [1.165, 1.54) is 12.1 Å². The molecule has 1 N–H and O–H groups in total. The van der Waals surface area contributed by atoms with Crippen molar-refractivity contribution in [2.45, 2.75) is 19.6 Å². The summed E-state index contributed by atoms with van der Waals surface area (Å²) in [5, 5.41) is 3.87. The molecule has 3 rings (SSSR count). The predicted molar refractivity (Wildman–Crippen MR) is 107 cm³/mol. The fourth-order valence-electron chi connectivity index (χ4n) is 3.08. The van der Waals surface area contributed by atoms with Crippen LogP contribution in [0.3, 0.4) is 0 Å². The van der Waals surface area contributed by atoms with Gasteiger partial charge in [-0.05, 0) is 49.0 Å². The van der Waals surface area contributed by atoms with Gasteiger partial charge in [0.25, 0.3) is 0 Å². The number of thiocarbonyl (C=S) groups is 1. The summed E-state index contributed by atoms with van der Waals surface area (Å²) in [5.74, 6) is 0.688. The molecule has 1 atom stereocenters. The number of ether oxygens (including phenoxy) is 1. The van der Waals surface area contributed by atoms with Crippen LogP contribution in [0, 0.1) is 5.82 Å². The van der Waals surface area contributed by atoms with Crippen molar-refractivity contribution < 1.29 is 9.13 Å². The van der Waals surface area contributed by atoms with Gasteiger partial charge in [-0.2, -0.15) is 0 Å². The minimum absolute atomic E-state index is 0.0421. The smallest absolute Gasteiger partial charge is 0.169 e. The molecule has 138 valence electrons. The third-order valence-corrected chi connectivity index (χ3v) is 4.94. The SMILES string of the molecule is CCN1C[C@@H](CN(C)C(=S)NCc2ccc(F)cc2)Oc2ccccc21. The Morgan fingerprint density at radius 3 is 2.73 bits per heavy atom. The fourth-order valence-corrected chi connectivity index (χ4v) is 3.22. The molecule has 0 radical (unpaired) electrons. The van der Waals surface area contributed by atoms with Crippen LogP contribution < -0.4 is 15.0 Å². The van der Waals surface area contributed by atoms with E-state index in [0.717, 1.165) is 30.1 Å². The third kappa shape index (κ3) is 4.43. The monoisotopic (exact) mass is 373 g/mol. The molecule has 0 aromatic heterocycles. The van der Waals surface area contributed by atoms with Gasteiger partial charge in [0.2, 0.25) is 0 Å². The lowest BCUT2D eigenvalue weighted by molar-refractivity contribution is 0.168. The Morgan fingerprint density at radius 1 is 1.27 bits per heavy atom. The molecule has 4 nitrogen and oxygen atoms in total. The Labute approximate surface area is 159 Å². The van der Waals surface area contributed by atoms with E-state index in [4.69, 9.17) is 17.0 Å². The zero-order chi connectivity index (χ0) is 18.5. The normalized spacial score (nSPS) is 15.8. The van der Waals surface area contributed by atoms with E-state index in [9.17, 15) is 4.39 Å². The molecule has 0 spiro atoms. The van der Waals surface area contributed by atoms with Crippen molar-refractivity contribution in [3.05, 3.63) is 59.9 Å². The number of hydrogen-bond donors (Lipinski definition) is 1. The molecule has 1 aliphatic rings. The van der Waals surface area contributed by atoms with Gasteiger partial charge in [0.1, 0.15) is 17.7 Å². The molecule has 0 fully saturated rings. The van der Waals surface area contributed by atoms with Crippen LogP contribution in [0.1, 0.15) is 12.5 Å². The average Bonchev–Trinajstić information content (AvgIpc) is 2.66. The van der Waals surface area contributed by atoms with E-state index in [2.05, 4.69) is 23.2 Å². The molecule has 0 saturated carbocycles. The van der Waals surface area contributed by atoms with Crippen molar-refractivity contribution in [3.63, 3.8) is 0 Å². The zero-order valence-corrected chi connectivity index (χ0v) is 15.9. The Balaban J connectivity index is 1.55. The first-order valence-corrected chi connectivity index (χ1v) is 9.21. The summed E-state index contributed by atoms with van der Waals surface area (Å²) in [4.78, 5) is 4.32. The topological polar surface area (TPSA) is 27.7 Å². The highest BCUT2D eigenvalue weighted by Gasteiger charge is 2.25. The van der Waals surface area contributed by atoms with Gasteiger partial charge >= 0.3 is 0 Å². The predicted octanol–water partition coefficient (Wildman–Crippen LogP) is 3.42. The minimum atomic E-state index is -0.233. The molecule has 2 aromatic rings. The summed E-state index contributed by atoms with van der Waals surface area (Å²) < 4.78 is 19.1. The number of rotatable bonds is 5. The highest BCUT2D eigenvalue weighted by Crippen LogP contribution is 2.32. The van der Waals surface area contributed by atoms with Crippen molar-refractivity contribution in [3.8, 4) is 5.75 Å². The first-order chi connectivity index (χ1) is 12.6. The maximum atomic E-state index is 13.0. The van der Waals surface area contributed by atoms with Crippen molar-refractivity contribution in [2.75, 3.05) is 31.6 Å². The number of nitrogens with zero attached hydrogens (tertiary/aromatic N) is 2. The van der Waals surface area contributed by atoms with E-state index in [1.54, 1.807) is 12.1 Å². The van der Waals surface area contributed by atoms with Gasteiger partial charge in [-0.3, -0.25) is 0 Å². The number of benzene rings is 2. The first kappa shape index (κ1) is 18.5. The lowest BCUT2D eigenvalue weighted by Gasteiger charge is -2.37. The Kier molecular flexibility index (Phi) is 5.93. The van der Waals surface area contributed by atoms with E-state index in [-0.39, 0.29) is 11.9 Å². The number of likely N-dealkylation sites (N-methyl/N-ethyl adjacent to an activating group) is 2. The highest BCUT2D eigenvalue weighted by molar-refractivity contribution is 7.80. The number of para-hydroxylation sites is 2. The molecule has 0 aliphatic carbocycles. The van der Waals surface area contributed by atoms with Gasteiger partial charge in [-0.1, -0.05) is 24.3 Å². The van der Waals surface area contributed by atoms with E-state index in [0.29, 0.717) is 18.2 Å². The quantitative estimate of drug-likeness (QED) is 0.811. The average molecular weight is 373 g/mol. The van der Waals surface area contributed by atoms with Crippen molar-refractivity contribution in [2.24, 2.45) is 0 Å². The minimum Gasteiger partial charge on any atom is -0.485 e. The maximum absolute atomic E-state index is 13.0. The Morgan fingerprint density at radius 2 is 2.00 bits per heavy atom. The molecule has 2 aromatic carbocycles. The fraction of sp³-hybridized carbons (Fsp3) is 0.350. The molecule has 1 aliphatic heterocycles. The van der Waals surface area contributed by atoms with Crippen molar-refractivity contribution in [1.29, 1.82) is 0 Å². The molecule has 26 heavy (non-hydrogen) atoms. The van der Waals surface area contributed by atoms with Gasteiger partial charge in [-0.25, -0.2) is 4.39 Å². The number of fused-ring (bicyclic) bond motifs is 1. The number of hydrogen-bond acceptors (Lipinski definition) is 3. The number of nitrogens with one attached hydrogen (secondary N) is 1. The van der Waals surface area contributed by atoms with Gasteiger partial charge in [0.05, 0.1) is 18.8 Å². The highest BCUT2D eigenvalue weighted by atomic mass is 32.1. The molecule has 0 bridgehead atoms. The van der Waals surface area contributed by atoms with Crippen LogP contribution in [-0.4, -0.2) is 42.8 Å². The Bertz CT molecular complexity index is 753. The van der Waals surface area contributed by atoms with E-state index in [1.807, 2.05) is 30.1 Å². The first-order valence-electron chi connectivity index (χ1n) is 8.81.